The van der Waals surface area contributed by atoms with Crippen molar-refractivity contribution in [1.29, 1.82) is 0 Å². The van der Waals surface area contributed by atoms with Crippen LogP contribution in [-0.4, -0.2) is 15.3 Å². The van der Waals surface area contributed by atoms with E-state index in [4.69, 9.17) is 16.6 Å². The van der Waals surface area contributed by atoms with Gasteiger partial charge >= 0.3 is 0 Å². The highest BCUT2D eigenvalue weighted by molar-refractivity contribution is 7.71. The van der Waals surface area contributed by atoms with Crippen molar-refractivity contribution in [2.75, 3.05) is 0 Å². The van der Waals surface area contributed by atoms with E-state index in [9.17, 15) is 5.11 Å². The average Bonchev–Trinajstić information content (AvgIpc) is 2.53. The van der Waals surface area contributed by atoms with Crippen LogP contribution in [0, 0.1) is 4.84 Å². The third kappa shape index (κ3) is 1.46. The van der Waals surface area contributed by atoms with Gasteiger partial charge in [0.15, 0.2) is 0 Å². The summed E-state index contributed by atoms with van der Waals surface area (Å²) < 4.78 is 5.04. The zero-order valence-electron chi connectivity index (χ0n) is 6.52. The molecule has 2 aromatic rings. The minimum Gasteiger partial charge on any atom is -0.507 e. The molecule has 1 heterocycles. The van der Waals surface area contributed by atoms with Crippen molar-refractivity contribution >= 4 is 12.2 Å². The van der Waals surface area contributed by atoms with Gasteiger partial charge in [0.25, 0.3) is 4.84 Å². The molecule has 66 valence electrons. The highest BCUT2D eigenvalue weighted by Gasteiger charge is 2.07. The minimum absolute atomic E-state index is 0.118. The lowest BCUT2D eigenvalue weighted by molar-refractivity contribution is 0.472. The SMILES string of the molecule is Oc1ccccc1-c1n[nH]c(=S)o1. The molecule has 0 aliphatic rings. The van der Waals surface area contributed by atoms with Gasteiger partial charge in [0.1, 0.15) is 5.75 Å². The van der Waals surface area contributed by atoms with E-state index in [0.717, 1.165) is 0 Å². The number of H-pyrrole nitrogens is 1. The first-order valence-electron chi connectivity index (χ1n) is 3.61. The maximum atomic E-state index is 9.43. The summed E-state index contributed by atoms with van der Waals surface area (Å²) >= 11 is 4.71. The van der Waals surface area contributed by atoms with Crippen LogP contribution in [0.4, 0.5) is 0 Å². The Morgan fingerprint density at radius 3 is 2.77 bits per heavy atom. The van der Waals surface area contributed by atoms with Gasteiger partial charge in [0.05, 0.1) is 5.56 Å². The number of para-hydroxylation sites is 1. The Kier molecular flexibility index (Phi) is 1.86. The number of nitrogens with zero attached hydrogens (tertiary/aromatic N) is 1. The van der Waals surface area contributed by atoms with E-state index >= 15 is 0 Å². The molecule has 2 rings (SSSR count). The topological polar surface area (TPSA) is 62.1 Å². The lowest BCUT2D eigenvalue weighted by Crippen LogP contribution is -1.77. The Labute approximate surface area is 78.8 Å². The number of nitrogens with one attached hydrogen (secondary N) is 1. The number of rotatable bonds is 1. The summed E-state index contributed by atoms with van der Waals surface area (Å²) in [6, 6.07) is 6.76. The summed E-state index contributed by atoms with van der Waals surface area (Å²) in [6.45, 7) is 0. The molecule has 0 bridgehead atoms. The third-order valence-corrected chi connectivity index (χ3v) is 1.75. The lowest BCUT2D eigenvalue weighted by atomic mass is 10.2. The molecule has 0 atom stereocenters. The van der Waals surface area contributed by atoms with Crippen LogP contribution in [0.3, 0.4) is 0 Å². The molecule has 0 aliphatic carbocycles. The highest BCUT2D eigenvalue weighted by Crippen LogP contribution is 2.26. The Morgan fingerprint density at radius 2 is 2.15 bits per heavy atom. The van der Waals surface area contributed by atoms with Crippen molar-refractivity contribution in [2.24, 2.45) is 0 Å². The van der Waals surface area contributed by atoms with E-state index in [2.05, 4.69) is 10.2 Å². The van der Waals surface area contributed by atoms with Crippen LogP contribution < -0.4 is 0 Å². The molecule has 0 unspecified atom stereocenters. The maximum absolute atomic E-state index is 9.43. The number of benzene rings is 1. The van der Waals surface area contributed by atoms with E-state index in [1.807, 2.05) is 0 Å². The zero-order valence-corrected chi connectivity index (χ0v) is 7.34. The Hall–Kier alpha value is -1.62. The number of phenols is 1. The molecule has 0 spiro atoms. The monoisotopic (exact) mass is 194 g/mol. The maximum Gasteiger partial charge on any atom is 0.284 e. The van der Waals surface area contributed by atoms with E-state index in [1.165, 1.54) is 0 Å². The zero-order chi connectivity index (χ0) is 9.26. The number of hydrogen-bond donors (Lipinski definition) is 2. The van der Waals surface area contributed by atoms with Crippen LogP contribution in [-0.2, 0) is 0 Å². The molecular formula is C8H6N2O2S. The van der Waals surface area contributed by atoms with Gasteiger partial charge in [-0.25, -0.2) is 5.10 Å². The molecule has 0 saturated heterocycles. The molecule has 5 heteroatoms. The Bertz CT molecular complexity index is 475. The van der Waals surface area contributed by atoms with Crippen molar-refractivity contribution in [3.63, 3.8) is 0 Å². The molecule has 0 amide bonds. The molecule has 2 N–H and O–H groups in total. The van der Waals surface area contributed by atoms with Gasteiger partial charge in [-0.05, 0) is 24.4 Å². The van der Waals surface area contributed by atoms with Gasteiger partial charge < -0.3 is 9.52 Å². The minimum atomic E-state index is 0.118. The normalized spacial score (nSPS) is 10.2. The van der Waals surface area contributed by atoms with Crippen LogP contribution >= 0.6 is 12.2 Å². The molecule has 1 aromatic heterocycles. The number of aromatic hydroxyl groups is 1. The van der Waals surface area contributed by atoms with Crippen LogP contribution in [0.5, 0.6) is 5.75 Å². The van der Waals surface area contributed by atoms with Gasteiger partial charge in [-0.1, -0.05) is 12.1 Å². The first-order chi connectivity index (χ1) is 6.27. The second kappa shape index (κ2) is 3.02. The van der Waals surface area contributed by atoms with Crippen LogP contribution in [0.25, 0.3) is 11.5 Å². The first-order valence-corrected chi connectivity index (χ1v) is 4.02. The summed E-state index contributed by atoms with van der Waals surface area (Å²) in [5.41, 5.74) is 0.523. The van der Waals surface area contributed by atoms with Crippen LogP contribution in [0.15, 0.2) is 28.7 Å². The van der Waals surface area contributed by atoms with Crippen molar-refractivity contribution in [1.82, 2.24) is 10.2 Å². The molecule has 0 fully saturated rings. The van der Waals surface area contributed by atoms with E-state index in [-0.39, 0.29) is 10.6 Å². The van der Waals surface area contributed by atoms with E-state index < -0.39 is 0 Å². The highest BCUT2D eigenvalue weighted by atomic mass is 32.1. The van der Waals surface area contributed by atoms with Crippen LogP contribution in [0.1, 0.15) is 0 Å². The summed E-state index contributed by atoms with van der Waals surface area (Å²) in [6.07, 6.45) is 0. The first kappa shape index (κ1) is 8.00. The molecule has 1 aromatic carbocycles. The number of phenolic OH excluding ortho intramolecular Hbond substituents is 1. The molecule has 0 saturated carbocycles. The second-order valence-electron chi connectivity index (χ2n) is 2.44. The van der Waals surface area contributed by atoms with Gasteiger partial charge in [-0.3, -0.25) is 0 Å². The lowest BCUT2D eigenvalue weighted by Gasteiger charge is -1.96. The fourth-order valence-electron chi connectivity index (χ4n) is 1.000. The van der Waals surface area contributed by atoms with Crippen molar-refractivity contribution in [3.05, 3.63) is 29.1 Å². The molecule has 4 nitrogen and oxygen atoms in total. The van der Waals surface area contributed by atoms with E-state index in [1.54, 1.807) is 24.3 Å². The summed E-state index contributed by atoms with van der Waals surface area (Å²) in [4.78, 5) is 0.193. The number of hydrogen-bond acceptors (Lipinski definition) is 4. The molecule has 0 aliphatic heterocycles. The fourth-order valence-corrected chi connectivity index (χ4v) is 1.12. The quantitative estimate of drug-likeness (QED) is 0.682. The second-order valence-corrected chi connectivity index (χ2v) is 2.81. The largest absolute Gasteiger partial charge is 0.507 e. The summed E-state index contributed by atoms with van der Waals surface area (Å²) in [5, 5.41) is 15.7. The van der Waals surface area contributed by atoms with Crippen molar-refractivity contribution in [2.45, 2.75) is 0 Å². The standard InChI is InChI=1S/C8H6N2O2S/c11-6-4-2-1-3-5(6)7-9-10-8(13)12-7/h1-4,11H,(H,10,13). The Morgan fingerprint density at radius 1 is 1.38 bits per heavy atom. The molecular weight excluding hydrogens is 188 g/mol. The Balaban J connectivity index is 2.58. The van der Waals surface area contributed by atoms with Crippen molar-refractivity contribution < 1.29 is 9.52 Å². The molecule has 13 heavy (non-hydrogen) atoms. The van der Waals surface area contributed by atoms with Crippen LogP contribution in [0.2, 0.25) is 0 Å². The predicted molar refractivity (Wildman–Crippen MR) is 48.8 cm³/mol. The molecule has 0 radical (unpaired) electrons. The number of aromatic amines is 1. The van der Waals surface area contributed by atoms with Gasteiger partial charge in [0, 0.05) is 0 Å². The summed E-state index contributed by atoms with van der Waals surface area (Å²) in [7, 11) is 0. The van der Waals surface area contributed by atoms with Gasteiger partial charge in [-0.2, -0.15) is 0 Å². The van der Waals surface area contributed by atoms with Gasteiger partial charge in [0.2, 0.25) is 5.89 Å². The predicted octanol–water partition coefficient (Wildman–Crippen LogP) is 2.10. The number of aromatic nitrogens is 2. The average molecular weight is 194 g/mol. The van der Waals surface area contributed by atoms with E-state index in [0.29, 0.717) is 11.5 Å². The smallest absolute Gasteiger partial charge is 0.284 e. The van der Waals surface area contributed by atoms with Crippen molar-refractivity contribution in [3.8, 4) is 17.2 Å². The fraction of sp³-hybridized carbons (Fsp3) is 0. The summed E-state index contributed by atoms with van der Waals surface area (Å²) in [5.74, 6) is 0.413. The van der Waals surface area contributed by atoms with Gasteiger partial charge in [-0.15, -0.1) is 5.10 Å². The third-order valence-electron chi connectivity index (χ3n) is 1.57.